The number of rotatable bonds is 5. The first kappa shape index (κ1) is 16.8. The lowest BCUT2D eigenvalue weighted by Gasteiger charge is -2.16. The normalized spacial score (nSPS) is 17.1. The molecule has 22 heavy (non-hydrogen) atoms. The van der Waals surface area contributed by atoms with Crippen LogP contribution in [0.4, 0.5) is 13.2 Å². The molecule has 1 aromatic carbocycles. The summed E-state index contributed by atoms with van der Waals surface area (Å²) in [7, 11) is -4.03. The lowest BCUT2D eigenvalue weighted by Crippen LogP contribution is -2.39. The highest BCUT2D eigenvalue weighted by molar-refractivity contribution is 7.92. The zero-order chi connectivity index (χ0) is 16.5. The van der Waals surface area contributed by atoms with Gasteiger partial charge in [0.1, 0.15) is 5.25 Å². The van der Waals surface area contributed by atoms with Crippen LogP contribution in [0.3, 0.4) is 0 Å². The Hall–Kier alpha value is -1.57. The molecule has 122 valence electrons. The SMILES string of the molecule is C[C@@H](C(=O)NC1CC1)S(=O)(=O)Cc1ccccc1C(F)(F)F. The van der Waals surface area contributed by atoms with Gasteiger partial charge in [0.2, 0.25) is 5.91 Å². The van der Waals surface area contributed by atoms with Crippen LogP contribution in [0.15, 0.2) is 24.3 Å². The minimum Gasteiger partial charge on any atom is -0.352 e. The number of alkyl halides is 3. The number of halogens is 3. The second kappa shape index (κ2) is 5.91. The van der Waals surface area contributed by atoms with E-state index in [1.165, 1.54) is 19.1 Å². The van der Waals surface area contributed by atoms with E-state index in [1.54, 1.807) is 0 Å². The number of carbonyl (C=O) groups excluding carboxylic acids is 1. The van der Waals surface area contributed by atoms with Crippen molar-refractivity contribution in [3.8, 4) is 0 Å². The van der Waals surface area contributed by atoms with E-state index in [0.717, 1.165) is 25.0 Å². The Kier molecular flexibility index (Phi) is 4.51. The van der Waals surface area contributed by atoms with Crippen LogP contribution < -0.4 is 5.32 Å². The molecule has 0 spiro atoms. The summed E-state index contributed by atoms with van der Waals surface area (Å²) in [6, 6.07) is 4.48. The van der Waals surface area contributed by atoms with E-state index < -0.39 is 38.5 Å². The maximum absolute atomic E-state index is 12.9. The van der Waals surface area contributed by atoms with Gasteiger partial charge in [-0.2, -0.15) is 13.2 Å². The van der Waals surface area contributed by atoms with Crippen LogP contribution in [-0.2, 0) is 26.6 Å². The summed E-state index contributed by atoms with van der Waals surface area (Å²) in [6.07, 6.45) is -3.03. The number of benzene rings is 1. The maximum atomic E-state index is 12.9. The van der Waals surface area contributed by atoms with Crippen molar-refractivity contribution in [2.45, 2.75) is 43.0 Å². The van der Waals surface area contributed by atoms with Crippen LogP contribution in [0.1, 0.15) is 30.9 Å². The quantitative estimate of drug-likeness (QED) is 0.898. The molecule has 4 nitrogen and oxygen atoms in total. The van der Waals surface area contributed by atoms with E-state index in [0.29, 0.717) is 0 Å². The average Bonchev–Trinajstić information content (AvgIpc) is 3.20. The second-order valence-electron chi connectivity index (χ2n) is 5.39. The van der Waals surface area contributed by atoms with Crippen molar-refractivity contribution in [2.24, 2.45) is 0 Å². The molecular weight excluding hydrogens is 319 g/mol. The summed E-state index contributed by atoms with van der Waals surface area (Å²) >= 11 is 0. The van der Waals surface area contributed by atoms with E-state index in [2.05, 4.69) is 5.32 Å². The van der Waals surface area contributed by atoms with Gasteiger partial charge in [0.25, 0.3) is 0 Å². The van der Waals surface area contributed by atoms with Crippen LogP contribution >= 0.6 is 0 Å². The molecule has 0 saturated heterocycles. The molecule has 1 N–H and O–H groups in total. The van der Waals surface area contributed by atoms with Crippen LogP contribution in [-0.4, -0.2) is 25.6 Å². The molecule has 1 aromatic rings. The summed E-state index contributed by atoms with van der Waals surface area (Å²) < 4.78 is 63.1. The minimum atomic E-state index is -4.63. The first-order valence-corrected chi connectivity index (χ1v) is 8.50. The Labute approximate surface area is 126 Å². The molecule has 0 heterocycles. The standard InChI is InChI=1S/C14H16F3NO3S/c1-9(13(19)18-11-6-7-11)22(20,21)8-10-4-2-3-5-12(10)14(15,16)17/h2-5,9,11H,6-8H2,1H3,(H,18,19)/t9-/m0/s1. The summed E-state index contributed by atoms with van der Waals surface area (Å²) in [5.74, 6) is -1.48. The molecule has 0 aliphatic heterocycles. The molecular formula is C14H16F3NO3S. The molecule has 8 heteroatoms. The third-order valence-electron chi connectivity index (χ3n) is 3.51. The molecule has 1 saturated carbocycles. The van der Waals surface area contributed by atoms with Crippen molar-refractivity contribution in [3.63, 3.8) is 0 Å². The fourth-order valence-corrected chi connectivity index (χ4v) is 3.30. The van der Waals surface area contributed by atoms with Gasteiger partial charge in [0, 0.05) is 6.04 Å². The van der Waals surface area contributed by atoms with Crippen molar-refractivity contribution in [2.75, 3.05) is 0 Å². The van der Waals surface area contributed by atoms with Crippen molar-refractivity contribution in [1.29, 1.82) is 0 Å². The predicted octanol–water partition coefficient (Wildman–Crippen LogP) is 2.29. The Balaban J connectivity index is 2.19. The number of amides is 1. The molecule has 0 unspecified atom stereocenters. The largest absolute Gasteiger partial charge is 0.416 e. The molecule has 2 rings (SSSR count). The first-order valence-electron chi connectivity index (χ1n) is 6.78. The molecule has 1 fully saturated rings. The van der Waals surface area contributed by atoms with E-state index in [-0.39, 0.29) is 11.6 Å². The highest BCUT2D eigenvalue weighted by Gasteiger charge is 2.37. The van der Waals surface area contributed by atoms with E-state index in [9.17, 15) is 26.4 Å². The second-order valence-corrected chi connectivity index (χ2v) is 7.71. The van der Waals surface area contributed by atoms with Gasteiger partial charge in [0.05, 0.1) is 11.3 Å². The monoisotopic (exact) mass is 335 g/mol. The number of hydrogen-bond acceptors (Lipinski definition) is 3. The highest BCUT2D eigenvalue weighted by atomic mass is 32.2. The van der Waals surface area contributed by atoms with Crippen molar-refractivity contribution >= 4 is 15.7 Å². The zero-order valence-corrected chi connectivity index (χ0v) is 12.7. The minimum absolute atomic E-state index is 0.00684. The van der Waals surface area contributed by atoms with E-state index >= 15 is 0 Å². The number of nitrogens with one attached hydrogen (secondary N) is 1. The Morgan fingerprint density at radius 2 is 1.91 bits per heavy atom. The average molecular weight is 335 g/mol. The van der Waals surface area contributed by atoms with Gasteiger partial charge in [-0.15, -0.1) is 0 Å². The van der Waals surface area contributed by atoms with Gasteiger partial charge in [-0.3, -0.25) is 4.79 Å². The molecule has 0 bridgehead atoms. The van der Waals surface area contributed by atoms with Gasteiger partial charge in [-0.1, -0.05) is 18.2 Å². The van der Waals surface area contributed by atoms with Crippen LogP contribution in [0, 0.1) is 0 Å². The molecule has 1 atom stereocenters. The topological polar surface area (TPSA) is 63.2 Å². The molecule has 1 amide bonds. The molecule has 1 aliphatic carbocycles. The van der Waals surface area contributed by atoms with Crippen LogP contribution in [0.2, 0.25) is 0 Å². The van der Waals surface area contributed by atoms with Crippen molar-refractivity contribution in [3.05, 3.63) is 35.4 Å². The van der Waals surface area contributed by atoms with Gasteiger partial charge in [-0.05, 0) is 31.4 Å². The predicted molar refractivity (Wildman–Crippen MR) is 74.7 cm³/mol. The summed E-state index contributed by atoms with van der Waals surface area (Å²) in [5, 5.41) is 1.17. The summed E-state index contributed by atoms with van der Waals surface area (Å²) in [5.41, 5.74) is -1.34. The van der Waals surface area contributed by atoms with Gasteiger partial charge >= 0.3 is 6.18 Å². The summed E-state index contributed by atoms with van der Waals surface area (Å²) in [4.78, 5) is 11.8. The van der Waals surface area contributed by atoms with Crippen LogP contribution in [0.25, 0.3) is 0 Å². The lowest BCUT2D eigenvalue weighted by molar-refractivity contribution is -0.138. The smallest absolute Gasteiger partial charge is 0.352 e. The van der Waals surface area contributed by atoms with Gasteiger partial charge < -0.3 is 5.32 Å². The molecule has 1 aliphatic rings. The Morgan fingerprint density at radius 1 is 1.32 bits per heavy atom. The van der Waals surface area contributed by atoms with Gasteiger partial charge in [0.15, 0.2) is 9.84 Å². The van der Waals surface area contributed by atoms with Gasteiger partial charge in [-0.25, -0.2) is 8.42 Å². The number of sulfone groups is 1. The third-order valence-corrected chi connectivity index (χ3v) is 5.52. The summed E-state index contributed by atoms with van der Waals surface area (Å²) in [6.45, 7) is 1.20. The Bertz CT molecular complexity index is 666. The number of carbonyl (C=O) groups is 1. The fraction of sp³-hybridized carbons (Fsp3) is 0.500. The first-order chi connectivity index (χ1) is 10.1. The third kappa shape index (κ3) is 4.00. The molecule has 0 aromatic heterocycles. The fourth-order valence-electron chi connectivity index (χ4n) is 1.97. The Morgan fingerprint density at radius 3 is 2.45 bits per heavy atom. The molecule has 0 radical (unpaired) electrons. The highest BCUT2D eigenvalue weighted by Crippen LogP contribution is 2.33. The van der Waals surface area contributed by atoms with E-state index in [1.807, 2.05) is 0 Å². The zero-order valence-electron chi connectivity index (χ0n) is 11.9. The van der Waals surface area contributed by atoms with Crippen molar-refractivity contribution < 1.29 is 26.4 Å². The maximum Gasteiger partial charge on any atom is 0.416 e. The van der Waals surface area contributed by atoms with Crippen molar-refractivity contribution in [1.82, 2.24) is 5.32 Å². The number of hydrogen-bond donors (Lipinski definition) is 1. The lowest BCUT2D eigenvalue weighted by atomic mass is 10.1. The van der Waals surface area contributed by atoms with E-state index in [4.69, 9.17) is 0 Å². The van der Waals surface area contributed by atoms with Crippen LogP contribution in [0.5, 0.6) is 0 Å².